The molecule has 0 radical (unpaired) electrons. The Morgan fingerprint density at radius 2 is 2.31 bits per heavy atom. The van der Waals surface area contributed by atoms with Crippen LogP contribution in [0.2, 0.25) is 0 Å². The Hall–Kier alpha value is -0.240. The first-order chi connectivity index (χ1) is 7.70. The van der Waals surface area contributed by atoms with Crippen LogP contribution in [0.4, 0.5) is 0 Å². The van der Waals surface area contributed by atoms with Crippen LogP contribution in [-0.2, 0) is 4.79 Å². The zero-order chi connectivity index (χ0) is 12.0. The second-order valence-electron chi connectivity index (χ2n) is 4.85. The van der Waals surface area contributed by atoms with Gasteiger partial charge in [0, 0.05) is 24.4 Å². The summed E-state index contributed by atoms with van der Waals surface area (Å²) < 4.78 is 0. The highest BCUT2D eigenvalue weighted by Gasteiger charge is 2.30. The maximum atomic E-state index is 12.2. The van der Waals surface area contributed by atoms with Gasteiger partial charge in [-0.1, -0.05) is 20.3 Å². The zero-order valence-corrected chi connectivity index (χ0v) is 11.3. The van der Waals surface area contributed by atoms with Crippen molar-refractivity contribution in [3.05, 3.63) is 0 Å². The third kappa shape index (κ3) is 3.65. The van der Waals surface area contributed by atoms with Crippen LogP contribution in [-0.4, -0.2) is 29.3 Å². The van der Waals surface area contributed by atoms with Crippen LogP contribution in [0.15, 0.2) is 0 Å². The fourth-order valence-corrected chi connectivity index (χ4v) is 2.73. The molecule has 2 atom stereocenters. The number of likely N-dealkylation sites (tertiary alicyclic amines) is 1. The maximum Gasteiger partial charge on any atom is 0.225 e. The number of alkyl halides is 1. The fourth-order valence-electron chi connectivity index (χ4n) is 2.58. The van der Waals surface area contributed by atoms with Crippen molar-refractivity contribution in [1.82, 2.24) is 4.90 Å². The molecule has 16 heavy (non-hydrogen) atoms. The van der Waals surface area contributed by atoms with Gasteiger partial charge >= 0.3 is 0 Å². The lowest BCUT2D eigenvalue weighted by Gasteiger charge is -2.27. The Balaban J connectivity index is 2.46. The molecule has 1 rings (SSSR count). The van der Waals surface area contributed by atoms with Crippen molar-refractivity contribution >= 4 is 17.5 Å². The van der Waals surface area contributed by atoms with Gasteiger partial charge in [0.1, 0.15) is 0 Å². The summed E-state index contributed by atoms with van der Waals surface area (Å²) in [6.45, 7) is 5.15. The summed E-state index contributed by atoms with van der Waals surface area (Å²) in [4.78, 5) is 14.3. The van der Waals surface area contributed by atoms with E-state index in [2.05, 4.69) is 18.7 Å². The third-order valence-corrected chi connectivity index (χ3v) is 3.74. The fraction of sp³-hybridized carbons (Fsp3) is 0.923. The molecule has 1 heterocycles. The molecular formula is C13H24ClNO. The van der Waals surface area contributed by atoms with Crippen LogP contribution >= 0.6 is 11.6 Å². The van der Waals surface area contributed by atoms with Crippen molar-refractivity contribution < 1.29 is 4.79 Å². The molecule has 1 aliphatic rings. The van der Waals surface area contributed by atoms with E-state index in [1.54, 1.807) is 0 Å². The van der Waals surface area contributed by atoms with E-state index in [1.165, 1.54) is 6.42 Å². The first-order valence-electron chi connectivity index (χ1n) is 6.57. The molecular weight excluding hydrogens is 222 g/mol. The molecule has 0 aromatic rings. The summed E-state index contributed by atoms with van der Waals surface area (Å²) >= 11 is 5.72. The van der Waals surface area contributed by atoms with Gasteiger partial charge in [0.15, 0.2) is 0 Å². The van der Waals surface area contributed by atoms with Crippen LogP contribution in [0.3, 0.4) is 0 Å². The van der Waals surface area contributed by atoms with Crippen LogP contribution in [0.5, 0.6) is 0 Å². The largest absolute Gasteiger partial charge is 0.339 e. The smallest absolute Gasteiger partial charge is 0.225 e. The maximum absolute atomic E-state index is 12.2. The van der Waals surface area contributed by atoms with Gasteiger partial charge in [-0.25, -0.2) is 0 Å². The monoisotopic (exact) mass is 245 g/mol. The summed E-state index contributed by atoms with van der Waals surface area (Å²) in [7, 11) is 0. The summed E-state index contributed by atoms with van der Waals surface area (Å²) in [5.41, 5.74) is 0. The number of hydrogen-bond acceptors (Lipinski definition) is 1. The Kier molecular flexibility index (Phi) is 6.18. The van der Waals surface area contributed by atoms with Gasteiger partial charge in [-0.05, 0) is 32.1 Å². The Morgan fingerprint density at radius 1 is 1.56 bits per heavy atom. The second-order valence-corrected chi connectivity index (χ2v) is 5.23. The van der Waals surface area contributed by atoms with E-state index in [1.807, 2.05) is 0 Å². The molecule has 1 saturated heterocycles. The van der Waals surface area contributed by atoms with Gasteiger partial charge in [-0.2, -0.15) is 0 Å². The Bertz CT molecular complexity index is 220. The molecule has 3 heteroatoms. The van der Waals surface area contributed by atoms with Crippen molar-refractivity contribution in [2.24, 2.45) is 5.92 Å². The molecule has 2 nitrogen and oxygen atoms in total. The van der Waals surface area contributed by atoms with E-state index >= 15 is 0 Å². The standard InChI is InChI=1S/C13H24ClNO/c1-3-6-11(2)13(16)15-10-5-8-12(15)7-4-9-14/h11-12H,3-10H2,1-2H3. The van der Waals surface area contributed by atoms with Crippen molar-refractivity contribution in [3.8, 4) is 0 Å². The highest BCUT2D eigenvalue weighted by Crippen LogP contribution is 2.24. The highest BCUT2D eigenvalue weighted by molar-refractivity contribution is 6.17. The van der Waals surface area contributed by atoms with Gasteiger partial charge in [-0.3, -0.25) is 4.79 Å². The average molecular weight is 246 g/mol. The van der Waals surface area contributed by atoms with Gasteiger partial charge in [0.2, 0.25) is 5.91 Å². The predicted octanol–water partition coefficient (Wildman–Crippen LogP) is 3.43. The number of amides is 1. The van der Waals surface area contributed by atoms with Crippen LogP contribution in [0.25, 0.3) is 0 Å². The van der Waals surface area contributed by atoms with Crippen molar-refractivity contribution in [2.45, 2.75) is 58.4 Å². The summed E-state index contributed by atoms with van der Waals surface area (Å²) in [5.74, 6) is 1.27. The normalized spacial score (nSPS) is 22.4. The van der Waals surface area contributed by atoms with Crippen LogP contribution in [0, 0.1) is 5.92 Å². The Labute approximate surface area is 104 Å². The molecule has 1 amide bonds. The van der Waals surface area contributed by atoms with E-state index in [4.69, 9.17) is 11.6 Å². The lowest BCUT2D eigenvalue weighted by Crippen LogP contribution is -2.38. The molecule has 0 bridgehead atoms. The number of hydrogen-bond donors (Lipinski definition) is 0. The minimum atomic E-state index is 0.196. The molecule has 0 spiro atoms. The lowest BCUT2D eigenvalue weighted by molar-refractivity contribution is -0.136. The number of carbonyl (C=O) groups is 1. The number of rotatable bonds is 6. The van der Waals surface area contributed by atoms with Gasteiger partial charge in [-0.15, -0.1) is 11.6 Å². The molecule has 0 aromatic carbocycles. The zero-order valence-electron chi connectivity index (χ0n) is 10.5. The van der Waals surface area contributed by atoms with E-state index in [0.717, 1.165) is 38.6 Å². The minimum absolute atomic E-state index is 0.196. The highest BCUT2D eigenvalue weighted by atomic mass is 35.5. The minimum Gasteiger partial charge on any atom is -0.339 e. The molecule has 1 fully saturated rings. The van der Waals surface area contributed by atoms with Crippen LogP contribution < -0.4 is 0 Å². The van der Waals surface area contributed by atoms with E-state index in [-0.39, 0.29) is 5.92 Å². The summed E-state index contributed by atoms with van der Waals surface area (Å²) in [6, 6.07) is 0.463. The molecule has 2 unspecified atom stereocenters. The molecule has 0 aliphatic carbocycles. The van der Waals surface area contributed by atoms with Gasteiger partial charge < -0.3 is 4.90 Å². The SMILES string of the molecule is CCCC(C)C(=O)N1CCCC1CCCCl. The van der Waals surface area contributed by atoms with E-state index in [9.17, 15) is 4.79 Å². The lowest BCUT2D eigenvalue weighted by atomic mass is 10.0. The van der Waals surface area contributed by atoms with Crippen molar-refractivity contribution in [1.29, 1.82) is 0 Å². The first kappa shape index (κ1) is 13.8. The molecule has 94 valence electrons. The predicted molar refractivity (Wildman–Crippen MR) is 68.8 cm³/mol. The van der Waals surface area contributed by atoms with E-state index < -0.39 is 0 Å². The molecule has 0 N–H and O–H groups in total. The summed E-state index contributed by atoms with van der Waals surface area (Å²) in [5, 5.41) is 0. The number of nitrogens with zero attached hydrogens (tertiary/aromatic N) is 1. The second kappa shape index (κ2) is 7.16. The number of halogens is 1. The number of carbonyl (C=O) groups excluding carboxylic acids is 1. The van der Waals surface area contributed by atoms with Crippen molar-refractivity contribution in [2.75, 3.05) is 12.4 Å². The first-order valence-corrected chi connectivity index (χ1v) is 7.10. The third-order valence-electron chi connectivity index (χ3n) is 3.47. The molecule has 0 aromatic heterocycles. The topological polar surface area (TPSA) is 20.3 Å². The average Bonchev–Trinajstić information content (AvgIpc) is 2.73. The summed E-state index contributed by atoms with van der Waals surface area (Å²) in [6.07, 6.45) is 6.54. The Morgan fingerprint density at radius 3 is 2.94 bits per heavy atom. The van der Waals surface area contributed by atoms with E-state index in [0.29, 0.717) is 17.8 Å². The van der Waals surface area contributed by atoms with Gasteiger partial charge in [0.05, 0.1) is 0 Å². The molecule has 1 aliphatic heterocycles. The van der Waals surface area contributed by atoms with Crippen LogP contribution in [0.1, 0.15) is 52.4 Å². The quantitative estimate of drug-likeness (QED) is 0.657. The van der Waals surface area contributed by atoms with Crippen molar-refractivity contribution in [3.63, 3.8) is 0 Å². The molecule has 0 saturated carbocycles. The van der Waals surface area contributed by atoms with Gasteiger partial charge in [0.25, 0.3) is 0 Å².